The Balaban J connectivity index is 1.42. The van der Waals surface area contributed by atoms with Crippen LogP contribution in [0.15, 0.2) is 42.5 Å². The largest absolute Gasteiger partial charge is 0.493 e. The quantitative estimate of drug-likeness (QED) is 0.412. The molecule has 5 rings (SSSR count). The summed E-state index contributed by atoms with van der Waals surface area (Å²) in [5, 5.41) is 10.5. The van der Waals surface area contributed by atoms with Crippen LogP contribution in [0.3, 0.4) is 0 Å². The predicted molar refractivity (Wildman–Crippen MR) is 151 cm³/mol. The molecular formula is C31H41N3O6. The number of carboxylic acids is 1. The second kappa shape index (κ2) is 13.1. The molecule has 40 heavy (non-hydrogen) atoms. The van der Waals surface area contributed by atoms with E-state index < -0.39 is 11.9 Å². The number of hydrogen-bond donors (Lipinski definition) is 2. The van der Waals surface area contributed by atoms with Crippen molar-refractivity contribution in [3.05, 3.63) is 59.2 Å². The molecule has 2 saturated heterocycles. The molecule has 9 heteroatoms. The highest BCUT2D eigenvalue weighted by molar-refractivity contribution is 5.95. The summed E-state index contributed by atoms with van der Waals surface area (Å²) in [5.74, 6) is -0.893. The zero-order chi connectivity index (χ0) is 28.1. The first kappa shape index (κ1) is 28.5. The minimum absolute atomic E-state index is 0.0341. The van der Waals surface area contributed by atoms with Gasteiger partial charge >= 0.3 is 5.97 Å². The van der Waals surface area contributed by atoms with Crippen LogP contribution in [0.1, 0.15) is 55.2 Å². The second-order valence-electron chi connectivity index (χ2n) is 11.0. The van der Waals surface area contributed by atoms with Gasteiger partial charge in [0.15, 0.2) is 6.29 Å². The summed E-state index contributed by atoms with van der Waals surface area (Å²) in [6.07, 6.45) is 3.47. The first-order valence-corrected chi connectivity index (χ1v) is 14.5. The third-order valence-corrected chi connectivity index (χ3v) is 8.40. The number of fused-ring (bicyclic) bond motifs is 1. The molecular weight excluding hydrogens is 510 g/mol. The van der Waals surface area contributed by atoms with E-state index in [4.69, 9.17) is 19.9 Å². The number of carbonyl (C=O) groups is 2. The molecule has 3 N–H and O–H groups in total. The van der Waals surface area contributed by atoms with E-state index >= 15 is 0 Å². The summed E-state index contributed by atoms with van der Waals surface area (Å²) in [5.41, 5.74) is 9.78. The molecule has 0 aromatic heterocycles. The Morgan fingerprint density at radius 1 is 1.10 bits per heavy atom. The molecule has 0 unspecified atom stereocenters. The third kappa shape index (κ3) is 6.33. The van der Waals surface area contributed by atoms with Crippen LogP contribution in [0.25, 0.3) is 0 Å². The van der Waals surface area contributed by atoms with E-state index in [1.807, 2.05) is 41.3 Å². The monoisotopic (exact) mass is 551 g/mol. The first-order valence-electron chi connectivity index (χ1n) is 14.5. The number of ether oxygens (including phenoxy) is 3. The van der Waals surface area contributed by atoms with Gasteiger partial charge in [-0.3, -0.25) is 14.5 Å². The Bertz CT molecular complexity index is 1180. The van der Waals surface area contributed by atoms with Crippen molar-refractivity contribution < 1.29 is 28.9 Å². The van der Waals surface area contributed by atoms with Gasteiger partial charge in [-0.2, -0.15) is 0 Å². The average molecular weight is 552 g/mol. The van der Waals surface area contributed by atoms with Gasteiger partial charge in [-0.05, 0) is 54.2 Å². The smallest absolute Gasteiger partial charge is 0.308 e. The van der Waals surface area contributed by atoms with Gasteiger partial charge in [-0.1, -0.05) is 37.6 Å². The summed E-state index contributed by atoms with van der Waals surface area (Å²) in [4.78, 5) is 30.6. The fraction of sp³-hybridized carbons (Fsp3) is 0.548. The molecule has 3 aliphatic heterocycles. The molecule has 3 heterocycles. The molecule has 3 atom stereocenters. The van der Waals surface area contributed by atoms with E-state index in [9.17, 15) is 14.7 Å². The minimum Gasteiger partial charge on any atom is -0.493 e. The number of likely N-dealkylation sites (tertiary alicyclic amines) is 1. The number of nitrogens with zero attached hydrogens (tertiary/aromatic N) is 2. The summed E-state index contributed by atoms with van der Waals surface area (Å²) >= 11 is 0. The van der Waals surface area contributed by atoms with Crippen molar-refractivity contribution in [3.8, 4) is 5.75 Å². The van der Waals surface area contributed by atoms with Crippen molar-refractivity contribution in [2.24, 2.45) is 11.7 Å². The minimum atomic E-state index is -0.839. The number of carbonyl (C=O) groups excluding carboxylic acids is 1. The van der Waals surface area contributed by atoms with Gasteiger partial charge in [0.05, 0.1) is 32.3 Å². The standard InChI is InChI=1S/C31H41N3O6/c1-2-3-12-34(24-6-4-5-21(16-24)18-32)28(35)20-33-19-25(22-7-9-27-23(17-22)11-13-38-27)30(31(36)37)26(33)8-10-29-39-14-15-40-29/h4-7,9,16-17,25-26,29-30H,2-3,8,10-15,18-20,32H2,1H3,(H,36,37)/t25-,26+,30-/m1/s1. The molecule has 0 saturated carbocycles. The van der Waals surface area contributed by atoms with Crippen molar-refractivity contribution >= 4 is 17.6 Å². The SMILES string of the molecule is CCCCN(C(=O)CN1C[C@H](c2ccc3c(c2)CCO3)[C@@H](C(=O)O)[C@@H]1CCC1OCCO1)c1cccc(CN)c1. The molecule has 2 fully saturated rings. The fourth-order valence-corrected chi connectivity index (χ4v) is 6.33. The van der Waals surface area contributed by atoms with E-state index in [2.05, 4.69) is 17.9 Å². The maximum atomic E-state index is 13.9. The number of benzene rings is 2. The summed E-state index contributed by atoms with van der Waals surface area (Å²) < 4.78 is 17.0. The molecule has 1 amide bonds. The zero-order valence-corrected chi connectivity index (χ0v) is 23.3. The third-order valence-electron chi connectivity index (χ3n) is 8.40. The van der Waals surface area contributed by atoms with Crippen LogP contribution in [0.2, 0.25) is 0 Å². The normalized spacial score (nSPS) is 22.8. The molecule has 2 aromatic carbocycles. The van der Waals surface area contributed by atoms with Crippen molar-refractivity contribution in [2.75, 3.05) is 44.4 Å². The van der Waals surface area contributed by atoms with E-state index in [1.165, 1.54) is 0 Å². The number of unbranched alkanes of at least 4 members (excludes halogenated alkanes) is 1. The molecule has 0 aliphatic carbocycles. The topological polar surface area (TPSA) is 115 Å². The Morgan fingerprint density at radius 2 is 1.93 bits per heavy atom. The maximum Gasteiger partial charge on any atom is 0.308 e. The Labute approximate surface area is 236 Å². The Hall–Kier alpha value is -2.98. The van der Waals surface area contributed by atoms with E-state index in [1.54, 1.807) is 0 Å². The van der Waals surface area contributed by atoms with Gasteiger partial charge in [0.2, 0.25) is 5.91 Å². The van der Waals surface area contributed by atoms with E-state index in [0.717, 1.165) is 47.4 Å². The lowest BCUT2D eigenvalue weighted by Gasteiger charge is -2.30. The number of anilines is 1. The first-order chi connectivity index (χ1) is 19.5. The van der Waals surface area contributed by atoms with Crippen molar-refractivity contribution in [1.29, 1.82) is 0 Å². The molecule has 2 aromatic rings. The number of aliphatic carboxylic acids is 1. The van der Waals surface area contributed by atoms with Gasteiger partial charge in [0.25, 0.3) is 0 Å². The molecule has 3 aliphatic rings. The lowest BCUT2D eigenvalue weighted by atomic mass is 9.83. The molecule has 0 bridgehead atoms. The van der Waals surface area contributed by atoms with Gasteiger partial charge < -0.3 is 30.0 Å². The van der Waals surface area contributed by atoms with Crippen LogP contribution in [-0.4, -0.2) is 73.7 Å². The Kier molecular flexibility index (Phi) is 9.36. The molecule has 0 spiro atoms. The van der Waals surface area contributed by atoms with Crippen LogP contribution in [-0.2, 0) is 32.0 Å². The molecule has 0 radical (unpaired) electrons. The predicted octanol–water partition coefficient (Wildman–Crippen LogP) is 3.54. The van der Waals surface area contributed by atoms with Crippen LogP contribution < -0.4 is 15.4 Å². The second-order valence-corrected chi connectivity index (χ2v) is 11.0. The fourth-order valence-electron chi connectivity index (χ4n) is 6.33. The van der Waals surface area contributed by atoms with Crippen LogP contribution in [0.5, 0.6) is 5.75 Å². The number of amides is 1. The summed E-state index contributed by atoms with van der Waals surface area (Å²) in [6, 6.07) is 13.5. The van der Waals surface area contributed by atoms with Crippen LogP contribution >= 0.6 is 0 Å². The Morgan fingerprint density at radius 3 is 2.67 bits per heavy atom. The van der Waals surface area contributed by atoms with Gasteiger partial charge in [-0.25, -0.2) is 0 Å². The lowest BCUT2D eigenvalue weighted by molar-refractivity contribution is -0.143. The number of rotatable bonds is 12. The highest BCUT2D eigenvalue weighted by atomic mass is 16.7. The van der Waals surface area contributed by atoms with Crippen molar-refractivity contribution in [2.45, 2.75) is 63.8 Å². The zero-order valence-electron chi connectivity index (χ0n) is 23.3. The number of hydrogen-bond acceptors (Lipinski definition) is 7. The highest BCUT2D eigenvalue weighted by Crippen LogP contribution is 2.41. The average Bonchev–Trinajstić information content (AvgIpc) is 3.72. The molecule has 9 nitrogen and oxygen atoms in total. The van der Waals surface area contributed by atoms with Crippen LogP contribution in [0, 0.1) is 5.92 Å². The van der Waals surface area contributed by atoms with Crippen molar-refractivity contribution in [3.63, 3.8) is 0 Å². The number of nitrogens with two attached hydrogens (primary N) is 1. The van der Waals surface area contributed by atoms with E-state index in [-0.39, 0.29) is 30.7 Å². The van der Waals surface area contributed by atoms with Crippen molar-refractivity contribution in [1.82, 2.24) is 4.90 Å². The highest BCUT2D eigenvalue weighted by Gasteiger charge is 2.47. The lowest BCUT2D eigenvalue weighted by Crippen LogP contribution is -2.44. The van der Waals surface area contributed by atoms with Gasteiger partial charge in [0.1, 0.15) is 5.75 Å². The number of carboxylic acid groups (broad SMARTS) is 1. The maximum absolute atomic E-state index is 13.9. The van der Waals surface area contributed by atoms with E-state index in [0.29, 0.717) is 52.3 Å². The van der Waals surface area contributed by atoms with Gasteiger partial charge in [0, 0.05) is 43.7 Å². The van der Waals surface area contributed by atoms with Crippen LogP contribution in [0.4, 0.5) is 5.69 Å². The van der Waals surface area contributed by atoms with Gasteiger partial charge in [-0.15, -0.1) is 0 Å². The molecule has 216 valence electrons. The summed E-state index contributed by atoms with van der Waals surface area (Å²) in [7, 11) is 0. The summed E-state index contributed by atoms with van der Waals surface area (Å²) in [6.45, 7) is 5.48.